The Kier molecular flexibility index (Phi) is 3.54. The lowest BCUT2D eigenvalue weighted by molar-refractivity contribution is 0.942. The molecule has 1 heterocycles. The van der Waals surface area contributed by atoms with Crippen LogP contribution in [0.1, 0.15) is 0 Å². The molecule has 0 aliphatic rings. The number of aromatic nitrogens is 3. The van der Waals surface area contributed by atoms with Crippen molar-refractivity contribution < 1.29 is 0 Å². The summed E-state index contributed by atoms with van der Waals surface area (Å²) >= 11 is 11.3. The zero-order valence-corrected chi connectivity index (χ0v) is 11.9. The molecule has 100 valence electrons. The average Bonchev–Trinajstić information content (AvgIpc) is 2.82. The lowest BCUT2D eigenvalue weighted by Crippen LogP contribution is -2.10. The number of rotatable bonds is 3. The molecular weight excluding hydrogens is 292 g/mol. The van der Waals surface area contributed by atoms with Gasteiger partial charge in [0.2, 0.25) is 4.77 Å². The zero-order chi connectivity index (χ0) is 13.9. The van der Waals surface area contributed by atoms with Gasteiger partial charge in [-0.1, -0.05) is 41.9 Å². The lowest BCUT2D eigenvalue weighted by atomic mass is 10.2. The van der Waals surface area contributed by atoms with Crippen molar-refractivity contribution in [1.82, 2.24) is 14.9 Å². The van der Waals surface area contributed by atoms with Crippen molar-refractivity contribution in [3.8, 4) is 11.4 Å². The molecule has 0 atom stereocenters. The van der Waals surface area contributed by atoms with E-state index >= 15 is 0 Å². The third-order valence-electron chi connectivity index (χ3n) is 2.77. The largest absolute Gasteiger partial charge is 0.290 e. The van der Waals surface area contributed by atoms with Crippen LogP contribution in [0.25, 0.3) is 11.4 Å². The number of para-hydroxylation sites is 1. The molecule has 0 spiro atoms. The summed E-state index contributed by atoms with van der Waals surface area (Å²) in [5.74, 6) is 0.682. The van der Waals surface area contributed by atoms with E-state index in [4.69, 9.17) is 23.8 Å². The summed E-state index contributed by atoms with van der Waals surface area (Å²) in [4.78, 5) is 0. The minimum atomic E-state index is 0.490. The van der Waals surface area contributed by atoms with E-state index in [0.717, 1.165) is 11.3 Å². The van der Waals surface area contributed by atoms with Crippen LogP contribution >= 0.6 is 23.8 Å². The van der Waals surface area contributed by atoms with E-state index in [9.17, 15) is 0 Å². The van der Waals surface area contributed by atoms with Gasteiger partial charge in [0, 0.05) is 10.6 Å². The maximum atomic E-state index is 6.02. The predicted molar refractivity (Wildman–Crippen MR) is 83.3 cm³/mol. The molecular formula is C14H11ClN4S. The molecule has 0 aliphatic heterocycles. The minimum absolute atomic E-state index is 0.490. The van der Waals surface area contributed by atoms with Gasteiger partial charge in [-0.15, -0.1) is 0 Å². The van der Waals surface area contributed by atoms with Gasteiger partial charge in [0.25, 0.3) is 0 Å². The molecule has 1 aromatic heterocycles. The van der Waals surface area contributed by atoms with E-state index in [-0.39, 0.29) is 0 Å². The molecule has 0 unspecified atom stereocenters. The first kappa shape index (κ1) is 12.9. The van der Waals surface area contributed by atoms with E-state index < -0.39 is 0 Å². The van der Waals surface area contributed by atoms with Crippen LogP contribution in [-0.2, 0) is 0 Å². The summed E-state index contributed by atoms with van der Waals surface area (Å²) in [7, 11) is 0. The van der Waals surface area contributed by atoms with Crippen molar-refractivity contribution in [2.75, 3.05) is 5.43 Å². The Morgan fingerprint density at radius 3 is 2.65 bits per heavy atom. The highest BCUT2D eigenvalue weighted by molar-refractivity contribution is 7.71. The van der Waals surface area contributed by atoms with Crippen molar-refractivity contribution >= 4 is 29.5 Å². The van der Waals surface area contributed by atoms with Crippen LogP contribution in [0.2, 0.25) is 5.02 Å². The molecule has 0 amide bonds. The predicted octanol–water partition coefficient (Wildman–Crippen LogP) is 4.14. The molecule has 2 aromatic carbocycles. The third-order valence-corrected chi connectivity index (χ3v) is 3.28. The van der Waals surface area contributed by atoms with Crippen LogP contribution in [0.4, 0.5) is 5.69 Å². The lowest BCUT2D eigenvalue weighted by Gasteiger charge is -2.09. The van der Waals surface area contributed by atoms with Gasteiger partial charge < -0.3 is 0 Å². The SMILES string of the molecule is S=c1[nH]nc(-c2cccc(Cl)c2)n1Nc1ccccc1. The van der Waals surface area contributed by atoms with Gasteiger partial charge >= 0.3 is 0 Å². The van der Waals surface area contributed by atoms with Gasteiger partial charge in [0.15, 0.2) is 5.82 Å². The molecule has 0 saturated heterocycles. The van der Waals surface area contributed by atoms with Crippen molar-refractivity contribution in [2.45, 2.75) is 0 Å². The molecule has 3 aromatic rings. The number of anilines is 1. The number of nitrogens with zero attached hydrogens (tertiary/aromatic N) is 2. The molecule has 0 saturated carbocycles. The first-order chi connectivity index (χ1) is 9.74. The van der Waals surface area contributed by atoms with Gasteiger partial charge in [-0.2, -0.15) is 5.10 Å². The Morgan fingerprint density at radius 1 is 1.10 bits per heavy atom. The molecule has 2 N–H and O–H groups in total. The highest BCUT2D eigenvalue weighted by atomic mass is 35.5. The third kappa shape index (κ3) is 2.59. The Morgan fingerprint density at radius 2 is 1.90 bits per heavy atom. The monoisotopic (exact) mass is 302 g/mol. The van der Waals surface area contributed by atoms with Crippen LogP contribution in [0, 0.1) is 4.77 Å². The van der Waals surface area contributed by atoms with E-state index in [0.29, 0.717) is 15.6 Å². The summed E-state index contributed by atoms with van der Waals surface area (Å²) in [5.41, 5.74) is 5.02. The van der Waals surface area contributed by atoms with Crippen LogP contribution in [0.15, 0.2) is 54.6 Å². The minimum Gasteiger partial charge on any atom is -0.290 e. The van der Waals surface area contributed by atoms with Crippen molar-refractivity contribution in [1.29, 1.82) is 0 Å². The standard InChI is InChI=1S/C14H11ClN4S/c15-11-6-4-5-10(9-11)13-16-17-14(20)19(13)18-12-7-2-1-3-8-12/h1-9,18H,(H,17,20). The number of hydrogen-bond acceptors (Lipinski definition) is 3. The zero-order valence-electron chi connectivity index (χ0n) is 10.4. The summed E-state index contributed by atoms with van der Waals surface area (Å²) in [6.45, 7) is 0. The van der Waals surface area contributed by atoms with Crippen LogP contribution < -0.4 is 5.43 Å². The highest BCUT2D eigenvalue weighted by Gasteiger charge is 2.09. The fourth-order valence-electron chi connectivity index (χ4n) is 1.86. The Hall–Kier alpha value is -2.11. The maximum absolute atomic E-state index is 6.02. The molecule has 0 radical (unpaired) electrons. The molecule has 0 bridgehead atoms. The molecule has 6 heteroatoms. The normalized spacial score (nSPS) is 10.4. The number of H-pyrrole nitrogens is 1. The topological polar surface area (TPSA) is 45.6 Å². The first-order valence-corrected chi connectivity index (χ1v) is 6.78. The molecule has 4 nitrogen and oxygen atoms in total. The number of aromatic amines is 1. The second-order valence-electron chi connectivity index (χ2n) is 4.18. The van der Waals surface area contributed by atoms with Gasteiger partial charge in [0.1, 0.15) is 0 Å². The highest BCUT2D eigenvalue weighted by Crippen LogP contribution is 2.21. The van der Waals surface area contributed by atoms with Gasteiger partial charge in [-0.3, -0.25) is 5.43 Å². The van der Waals surface area contributed by atoms with E-state index in [1.165, 1.54) is 0 Å². The van der Waals surface area contributed by atoms with E-state index in [1.807, 2.05) is 54.6 Å². The summed E-state index contributed by atoms with van der Waals surface area (Å²) < 4.78 is 2.21. The molecule has 0 aliphatic carbocycles. The molecule has 20 heavy (non-hydrogen) atoms. The number of halogens is 1. The second kappa shape index (κ2) is 5.48. The molecule has 3 rings (SSSR count). The number of benzene rings is 2. The van der Waals surface area contributed by atoms with Crippen LogP contribution in [0.5, 0.6) is 0 Å². The molecule has 0 fully saturated rings. The summed E-state index contributed by atoms with van der Waals surface area (Å²) in [6.07, 6.45) is 0. The van der Waals surface area contributed by atoms with E-state index in [2.05, 4.69) is 15.6 Å². The number of hydrogen-bond donors (Lipinski definition) is 2. The quantitative estimate of drug-likeness (QED) is 0.715. The summed E-state index contributed by atoms with van der Waals surface area (Å²) in [5, 5.41) is 7.69. The Labute approximate surface area is 126 Å². The smallest absolute Gasteiger partial charge is 0.214 e. The van der Waals surface area contributed by atoms with Crippen LogP contribution in [0.3, 0.4) is 0 Å². The van der Waals surface area contributed by atoms with Crippen molar-refractivity contribution in [3.05, 3.63) is 64.4 Å². The van der Waals surface area contributed by atoms with Gasteiger partial charge in [-0.25, -0.2) is 9.77 Å². The summed E-state index contributed by atoms with van der Waals surface area (Å²) in [6, 6.07) is 17.2. The fraction of sp³-hybridized carbons (Fsp3) is 0. The van der Waals surface area contributed by atoms with Crippen molar-refractivity contribution in [2.24, 2.45) is 0 Å². The maximum Gasteiger partial charge on any atom is 0.214 e. The Bertz CT molecular complexity index is 779. The second-order valence-corrected chi connectivity index (χ2v) is 5.00. The van der Waals surface area contributed by atoms with Gasteiger partial charge in [0.05, 0.1) is 5.69 Å². The number of nitrogens with one attached hydrogen (secondary N) is 2. The first-order valence-electron chi connectivity index (χ1n) is 5.99. The fourth-order valence-corrected chi connectivity index (χ4v) is 2.23. The van der Waals surface area contributed by atoms with E-state index in [1.54, 1.807) is 4.68 Å². The average molecular weight is 303 g/mol. The van der Waals surface area contributed by atoms with Gasteiger partial charge in [-0.05, 0) is 36.5 Å². The Balaban J connectivity index is 2.04. The van der Waals surface area contributed by atoms with Crippen molar-refractivity contribution in [3.63, 3.8) is 0 Å². The van der Waals surface area contributed by atoms with Crippen LogP contribution in [-0.4, -0.2) is 14.9 Å².